The first kappa shape index (κ1) is 14.3. The zero-order valence-corrected chi connectivity index (χ0v) is 12.2. The van der Waals surface area contributed by atoms with E-state index in [1.807, 2.05) is 18.2 Å². The van der Waals surface area contributed by atoms with Crippen LogP contribution in [0.15, 0.2) is 30.5 Å². The topological polar surface area (TPSA) is 56.6 Å². The number of anilines is 1. The maximum atomic E-state index is 9.47. The molecule has 2 N–H and O–H groups in total. The Hall–Kier alpha value is -1.65. The number of aromatic nitrogens is 1. The zero-order valence-electron chi connectivity index (χ0n) is 12.2. The van der Waals surface area contributed by atoms with Crippen LogP contribution in [0.5, 0.6) is 0 Å². The highest BCUT2D eigenvalue weighted by molar-refractivity contribution is 5.94. The molecular weight excluding hydrogens is 264 g/mol. The van der Waals surface area contributed by atoms with Crippen LogP contribution in [0.2, 0.25) is 0 Å². The minimum absolute atomic E-state index is 0.0148. The second-order valence-corrected chi connectivity index (χ2v) is 5.78. The van der Waals surface area contributed by atoms with Crippen molar-refractivity contribution in [1.82, 2.24) is 4.98 Å². The second kappa shape index (κ2) is 6.41. The summed E-state index contributed by atoms with van der Waals surface area (Å²) >= 11 is 0. The lowest BCUT2D eigenvalue weighted by Gasteiger charge is -2.34. The lowest BCUT2D eigenvalue weighted by atomic mass is 9.94. The molecule has 2 heterocycles. The van der Waals surface area contributed by atoms with Crippen LogP contribution >= 0.6 is 0 Å². The first-order chi connectivity index (χ1) is 10.3. The summed E-state index contributed by atoms with van der Waals surface area (Å²) in [6.45, 7) is 2.24. The molecule has 0 radical (unpaired) electrons. The standard InChI is InChI=1S/C17H22N2O2/c20-9-7-13-4-3-8-19(11-13)17-16-6-2-1-5-15(16)14(12-21)10-18-17/h1-2,5-6,10,13,20-21H,3-4,7-9,11-12H2. The fourth-order valence-corrected chi connectivity index (χ4v) is 3.29. The minimum atomic E-state index is 0.0148. The first-order valence-electron chi connectivity index (χ1n) is 7.66. The zero-order chi connectivity index (χ0) is 14.7. The molecule has 1 atom stereocenters. The summed E-state index contributed by atoms with van der Waals surface area (Å²) in [7, 11) is 0. The number of rotatable bonds is 4. The Morgan fingerprint density at radius 1 is 1.19 bits per heavy atom. The summed E-state index contributed by atoms with van der Waals surface area (Å²) < 4.78 is 0. The van der Waals surface area contributed by atoms with Gasteiger partial charge in [-0.15, -0.1) is 0 Å². The fraction of sp³-hybridized carbons (Fsp3) is 0.471. The molecular formula is C17H22N2O2. The van der Waals surface area contributed by atoms with Crippen LogP contribution in [-0.2, 0) is 6.61 Å². The Kier molecular flexibility index (Phi) is 4.36. The number of hydrogen-bond acceptors (Lipinski definition) is 4. The third-order valence-corrected chi connectivity index (χ3v) is 4.38. The highest BCUT2D eigenvalue weighted by Crippen LogP contribution is 2.30. The molecule has 2 aromatic rings. The average Bonchev–Trinajstić information content (AvgIpc) is 2.54. The molecule has 1 aliphatic rings. The van der Waals surface area contributed by atoms with Crippen molar-refractivity contribution in [3.63, 3.8) is 0 Å². The van der Waals surface area contributed by atoms with Gasteiger partial charge in [0, 0.05) is 36.8 Å². The van der Waals surface area contributed by atoms with Gasteiger partial charge in [0.1, 0.15) is 5.82 Å². The normalized spacial score (nSPS) is 19.1. The molecule has 0 amide bonds. The molecule has 112 valence electrons. The van der Waals surface area contributed by atoms with Crippen molar-refractivity contribution in [1.29, 1.82) is 0 Å². The van der Waals surface area contributed by atoms with Gasteiger partial charge in [0.15, 0.2) is 0 Å². The van der Waals surface area contributed by atoms with Crippen molar-refractivity contribution in [3.8, 4) is 0 Å². The molecule has 1 aromatic heterocycles. The van der Waals surface area contributed by atoms with E-state index < -0.39 is 0 Å². The molecule has 0 spiro atoms. The summed E-state index contributed by atoms with van der Waals surface area (Å²) in [5, 5.41) is 20.8. The predicted octanol–water partition coefficient (Wildman–Crippen LogP) is 2.33. The third-order valence-electron chi connectivity index (χ3n) is 4.38. The van der Waals surface area contributed by atoms with Gasteiger partial charge < -0.3 is 15.1 Å². The van der Waals surface area contributed by atoms with E-state index in [0.717, 1.165) is 48.1 Å². The van der Waals surface area contributed by atoms with Crippen LogP contribution in [-0.4, -0.2) is 34.9 Å². The summed E-state index contributed by atoms with van der Waals surface area (Å²) in [6, 6.07) is 8.13. The largest absolute Gasteiger partial charge is 0.396 e. The SMILES string of the molecule is OCCC1CCCN(c2ncc(CO)c3ccccc23)C1. The first-order valence-corrected chi connectivity index (χ1v) is 7.66. The molecule has 3 rings (SSSR count). The van der Waals surface area contributed by atoms with Gasteiger partial charge in [0.2, 0.25) is 0 Å². The summed E-state index contributed by atoms with van der Waals surface area (Å²) in [5.74, 6) is 1.55. The van der Waals surface area contributed by atoms with E-state index in [1.54, 1.807) is 6.20 Å². The van der Waals surface area contributed by atoms with Crippen molar-refractivity contribution in [2.75, 3.05) is 24.6 Å². The van der Waals surface area contributed by atoms with Crippen LogP contribution in [0.3, 0.4) is 0 Å². The number of pyridine rings is 1. The van der Waals surface area contributed by atoms with E-state index in [4.69, 9.17) is 5.11 Å². The Morgan fingerprint density at radius 3 is 2.76 bits per heavy atom. The van der Waals surface area contributed by atoms with Crippen LogP contribution in [0.4, 0.5) is 5.82 Å². The molecule has 1 fully saturated rings. The van der Waals surface area contributed by atoms with E-state index in [2.05, 4.69) is 16.0 Å². The van der Waals surface area contributed by atoms with Gasteiger partial charge in [0.05, 0.1) is 6.61 Å². The van der Waals surface area contributed by atoms with Gasteiger partial charge in [-0.25, -0.2) is 4.98 Å². The smallest absolute Gasteiger partial charge is 0.136 e. The van der Waals surface area contributed by atoms with Crippen molar-refractivity contribution in [2.45, 2.75) is 25.9 Å². The third kappa shape index (κ3) is 2.87. The number of piperidine rings is 1. The lowest BCUT2D eigenvalue weighted by Crippen LogP contribution is -2.36. The maximum absolute atomic E-state index is 9.47. The quantitative estimate of drug-likeness (QED) is 0.905. The Morgan fingerprint density at radius 2 is 2.00 bits per heavy atom. The second-order valence-electron chi connectivity index (χ2n) is 5.78. The molecule has 4 heteroatoms. The van der Waals surface area contributed by atoms with Gasteiger partial charge in [0.25, 0.3) is 0 Å². The number of benzene rings is 1. The van der Waals surface area contributed by atoms with Crippen LogP contribution in [0.1, 0.15) is 24.8 Å². The maximum Gasteiger partial charge on any atom is 0.136 e. The van der Waals surface area contributed by atoms with E-state index in [1.165, 1.54) is 6.42 Å². The van der Waals surface area contributed by atoms with Crippen molar-refractivity contribution < 1.29 is 10.2 Å². The summed E-state index contributed by atoms with van der Waals surface area (Å²) in [6.07, 6.45) is 4.97. The molecule has 4 nitrogen and oxygen atoms in total. The predicted molar refractivity (Wildman–Crippen MR) is 84.3 cm³/mol. The number of nitrogens with zero attached hydrogens (tertiary/aromatic N) is 2. The number of fused-ring (bicyclic) bond motifs is 1. The Bertz CT molecular complexity index is 613. The van der Waals surface area contributed by atoms with Gasteiger partial charge in [-0.3, -0.25) is 0 Å². The molecule has 1 aromatic carbocycles. The van der Waals surface area contributed by atoms with Crippen LogP contribution in [0.25, 0.3) is 10.8 Å². The van der Waals surface area contributed by atoms with E-state index >= 15 is 0 Å². The highest BCUT2D eigenvalue weighted by Gasteiger charge is 2.22. The Labute approximate surface area is 125 Å². The molecule has 21 heavy (non-hydrogen) atoms. The summed E-state index contributed by atoms with van der Waals surface area (Å²) in [4.78, 5) is 6.93. The summed E-state index contributed by atoms with van der Waals surface area (Å²) in [5.41, 5.74) is 0.873. The molecule has 1 aliphatic heterocycles. The number of hydrogen-bond donors (Lipinski definition) is 2. The van der Waals surface area contributed by atoms with Crippen molar-refractivity contribution in [3.05, 3.63) is 36.0 Å². The minimum Gasteiger partial charge on any atom is -0.396 e. The highest BCUT2D eigenvalue weighted by atomic mass is 16.3. The molecule has 0 aliphatic carbocycles. The van der Waals surface area contributed by atoms with E-state index in [0.29, 0.717) is 5.92 Å². The molecule has 0 bridgehead atoms. The number of aliphatic hydroxyl groups excluding tert-OH is 2. The molecule has 1 saturated heterocycles. The van der Waals surface area contributed by atoms with Gasteiger partial charge in [-0.2, -0.15) is 0 Å². The van der Waals surface area contributed by atoms with Gasteiger partial charge in [-0.05, 0) is 30.6 Å². The van der Waals surface area contributed by atoms with Crippen LogP contribution in [0, 0.1) is 5.92 Å². The van der Waals surface area contributed by atoms with E-state index in [-0.39, 0.29) is 13.2 Å². The number of aliphatic hydroxyl groups is 2. The van der Waals surface area contributed by atoms with E-state index in [9.17, 15) is 5.11 Å². The van der Waals surface area contributed by atoms with Crippen molar-refractivity contribution >= 4 is 16.6 Å². The average molecular weight is 286 g/mol. The Balaban J connectivity index is 1.97. The van der Waals surface area contributed by atoms with Gasteiger partial charge in [-0.1, -0.05) is 24.3 Å². The lowest BCUT2D eigenvalue weighted by molar-refractivity contribution is 0.244. The van der Waals surface area contributed by atoms with Crippen molar-refractivity contribution in [2.24, 2.45) is 5.92 Å². The fourth-order valence-electron chi connectivity index (χ4n) is 3.29. The van der Waals surface area contributed by atoms with Gasteiger partial charge >= 0.3 is 0 Å². The van der Waals surface area contributed by atoms with Crippen LogP contribution < -0.4 is 4.90 Å². The molecule has 1 unspecified atom stereocenters. The monoisotopic (exact) mass is 286 g/mol. The molecule has 0 saturated carbocycles.